The number of likely N-dealkylation sites (tertiary alicyclic amines) is 1. The number of rotatable bonds is 6. The van der Waals surface area contributed by atoms with E-state index in [2.05, 4.69) is 27.2 Å². The van der Waals surface area contributed by atoms with Gasteiger partial charge in [-0.15, -0.1) is 0 Å². The van der Waals surface area contributed by atoms with Crippen molar-refractivity contribution < 1.29 is 4.79 Å². The number of nitrogens with one attached hydrogen (secondary N) is 2. The summed E-state index contributed by atoms with van der Waals surface area (Å²) in [5.41, 5.74) is 0.357. The van der Waals surface area contributed by atoms with Crippen molar-refractivity contribution in [3.8, 4) is 0 Å². The zero-order valence-electron chi connectivity index (χ0n) is 16.1. The van der Waals surface area contributed by atoms with E-state index in [1.165, 1.54) is 4.68 Å². The highest BCUT2D eigenvalue weighted by Crippen LogP contribution is 2.29. The van der Waals surface area contributed by atoms with Crippen molar-refractivity contribution >= 4 is 17.5 Å². The maximum absolute atomic E-state index is 12.6. The number of amides is 1. The molecule has 0 aromatic carbocycles. The Morgan fingerprint density at radius 2 is 2.26 bits per heavy atom. The fourth-order valence-electron chi connectivity index (χ4n) is 3.76. The van der Waals surface area contributed by atoms with Gasteiger partial charge in [0, 0.05) is 32.9 Å². The minimum Gasteiger partial charge on any atom is -0.350 e. The Hall–Kier alpha value is -2.06. The molecule has 0 radical (unpaired) electrons. The molecule has 0 aliphatic carbocycles. The molecule has 0 bridgehead atoms. The number of nitrogens with zero attached hydrogens (tertiary/aromatic N) is 4. The molecule has 2 N–H and O–H groups in total. The van der Waals surface area contributed by atoms with Gasteiger partial charge in [0.05, 0.1) is 11.6 Å². The van der Waals surface area contributed by atoms with Gasteiger partial charge in [0.2, 0.25) is 0 Å². The standard InChI is InChI=1S/C18H27ClN6O2/c1-4-25-9-13(19)8-14(25)16(26)20-11-18(2)6-5-7-24(12-18)10-15-21-17(27)23(3)22-15/h8-9H,4-7,10-12H2,1-3H3,(H,20,26)(H,21,22,27). The Labute approximate surface area is 163 Å². The number of halogens is 1. The Kier molecular flexibility index (Phi) is 5.76. The summed E-state index contributed by atoms with van der Waals surface area (Å²) in [6.07, 6.45) is 3.85. The van der Waals surface area contributed by atoms with E-state index >= 15 is 0 Å². The summed E-state index contributed by atoms with van der Waals surface area (Å²) in [4.78, 5) is 29.2. The lowest BCUT2D eigenvalue weighted by atomic mass is 9.81. The van der Waals surface area contributed by atoms with Crippen LogP contribution in [0.5, 0.6) is 0 Å². The summed E-state index contributed by atoms with van der Waals surface area (Å²) in [6, 6.07) is 1.70. The number of carbonyl (C=O) groups is 1. The van der Waals surface area contributed by atoms with Crippen molar-refractivity contribution in [3.63, 3.8) is 0 Å². The number of aromatic nitrogens is 4. The molecule has 1 fully saturated rings. The predicted octanol–water partition coefficient (Wildman–Crippen LogP) is 1.62. The first-order valence-electron chi connectivity index (χ1n) is 9.28. The second-order valence-corrected chi connectivity index (χ2v) is 8.07. The van der Waals surface area contributed by atoms with Crippen molar-refractivity contribution in [2.75, 3.05) is 19.6 Å². The Balaban J connectivity index is 1.60. The molecule has 1 amide bonds. The highest BCUT2D eigenvalue weighted by atomic mass is 35.5. The van der Waals surface area contributed by atoms with Gasteiger partial charge in [-0.2, -0.15) is 5.10 Å². The molecule has 27 heavy (non-hydrogen) atoms. The Bertz CT molecular complexity index is 870. The maximum Gasteiger partial charge on any atom is 0.343 e. The summed E-state index contributed by atoms with van der Waals surface area (Å²) < 4.78 is 3.16. The van der Waals surface area contributed by atoms with E-state index in [0.717, 1.165) is 25.9 Å². The SMILES string of the molecule is CCn1cc(Cl)cc1C(=O)NCC1(C)CCCN(Cc2nn(C)c(=O)[nH]2)C1. The van der Waals surface area contributed by atoms with Crippen molar-refractivity contribution in [1.82, 2.24) is 29.5 Å². The molecule has 0 spiro atoms. The van der Waals surface area contributed by atoms with E-state index in [-0.39, 0.29) is 17.0 Å². The molecule has 1 aliphatic rings. The van der Waals surface area contributed by atoms with Crippen molar-refractivity contribution in [2.24, 2.45) is 12.5 Å². The fourth-order valence-corrected chi connectivity index (χ4v) is 3.98. The van der Waals surface area contributed by atoms with E-state index < -0.39 is 0 Å². The monoisotopic (exact) mass is 394 g/mol. The summed E-state index contributed by atoms with van der Waals surface area (Å²) in [5.74, 6) is 0.572. The number of carbonyl (C=O) groups excluding carboxylic acids is 1. The quantitative estimate of drug-likeness (QED) is 0.779. The summed E-state index contributed by atoms with van der Waals surface area (Å²) in [7, 11) is 1.64. The van der Waals surface area contributed by atoms with Crippen LogP contribution in [0.1, 0.15) is 43.0 Å². The van der Waals surface area contributed by atoms with Crippen molar-refractivity contribution in [1.29, 1.82) is 0 Å². The molecule has 1 atom stereocenters. The number of piperidine rings is 1. The van der Waals surface area contributed by atoms with Gasteiger partial charge < -0.3 is 9.88 Å². The first-order chi connectivity index (χ1) is 12.8. The van der Waals surface area contributed by atoms with Gasteiger partial charge in [0.25, 0.3) is 5.91 Å². The average Bonchev–Trinajstić information content (AvgIpc) is 3.14. The molecule has 3 heterocycles. The van der Waals surface area contributed by atoms with Crippen LogP contribution in [0, 0.1) is 5.41 Å². The molecule has 2 aromatic rings. The van der Waals surface area contributed by atoms with E-state index in [1.54, 1.807) is 19.3 Å². The third-order valence-corrected chi connectivity index (χ3v) is 5.37. The molecule has 1 aliphatic heterocycles. The number of hydrogen-bond acceptors (Lipinski definition) is 4. The van der Waals surface area contributed by atoms with Gasteiger partial charge in [-0.25, -0.2) is 9.48 Å². The first kappa shape index (κ1) is 19.7. The molecule has 8 nitrogen and oxygen atoms in total. The molecule has 1 saturated heterocycles. The zero-order valence-corrected chi connectivity index (χ0v) is 16.8. The van der Waals surface area contributed by atoms with E-state index in [1.807, 2.05) is 11.5 Å². The highest BCUT2D eigenvalue weighted by Gasteiger charge is 2.32. The first-order valence-corrected chi connectivity index (χ1v) is 9.66. The minimum atomic E-state index is -0.199. The van der Waals surface area contributed by atoms with Crippen LogP contribution in [-0.4, -0.2) is 49.8 Å². The zero-order chi connectivity index (χ0) is 19.6. The molecule has 9 heteroatoms. The van der Waals surface area contributed by atoms with E-state index in [9.17, 15) is 9.59 Å². The smallest absolute Gasteiger partial charge is 0.343 e. The Morgan fingerprint density at radius 1 is 1.48 bits per heavy atom. The largest absolute Gasteiger partial charge is 0.350 e. The molecule has 3 rings (SSSR count). The van der Waals surface area contributed by atoms with Gasteiger partial charge >= 0.3 is 5.69 Å². The minimum absolute atomic E-state index is 0.0313. The van der Waals surface area contributed by atoms with Gasteiger partial charge in [0.1, 0.15) is 11.5 Å². The van der Waals surface area contributed by atoms with Crippen LogP contribution in [0.3, 0.4) is 0 Å². The van der Waals surface area contributed by atoms with E-state index in [4.69, 9.17) is 11.6 Å². The second-order valence-electron chi connectivity index (χ2n) is 7.64. The van der Waals surface area contributed by atoms with E-state index in [0.29, 0.717) is 36.2 Å². The Morgan fingerprint density at radius 3 is 2.93 bits per heavy atom. The number of H-pyrrole nitrogens is 1. The summed E-state index contributed by atoms with van der Waals surface area (Å²) >= 11 is 6.03. The van der Waals surface area contributed by atoms with Crippen LogP contribution in [0.2, 0.25) is 5.02 Å². The molecule has 148 valence electrons. The van der Waals surface area contributed by atoms with Crippen LogP contribution >= 0.6 is 11.6 Å². The van der Waals surface area contributed by atoms with Gasteiger partial charge in [-0.05, 0) is 37.8 Å². The third-order valence-electron chi connectivity index (χ3n) is 5.16. The lowest BCUT2D eigenvalue weighted by molar-refractivity contribution is 0.0790. The third kappa shape index (κ3) is 4.62. The van der Waals surface area contributed by atoms with Crippen LogP contribution in [0.15, 0.2) is 17.1 Å². The normalized spacial score (nSPS) is 20.7. The van der Waals surface area contributed by atoms with Crippen molar-refractivity contribution in [2.45, 2.75) is 39.8 Å². The second kappa shape index (κ2) is 7.90. The molecule has 1 unspecified atom stereocenters. The predicted molar refractivity (Wildman–Crippen MR) is 104 cm³/mol. The molecule has 0 saturated carbocycles. The van der Waals surface area contributed by atoms with Gasteiger partial charge in [-0.1, -0.05) is 18.5 Å². The molecule has 2 aromatic heterocycles. The van der Waals surface area contributed by atoms with Crippen LogP contribution in [0.25, 0.3) is 0 Å². The lowest BCUT2D eigenvalue weighted by Gasteiger charge is -2.40. The van der Waals surface area contributed by atoms with Crippen LogP contribution in [0.4, 0.5) is 0 Å². The highest BCUT2D eigenvalue weighted by molar-refractivity contribution is 6.31. The van der Waals surface area contributed by atoms with Gasteiger partial charge in [-0.3, -0.25) is 14.7 Å². The lowest BCUT2D eigenvalue weighted by Crippen LogP contribution is -2.47. The van der Waals surface area contributed by atoms with Crippen molar-refractivity contribution in [3.05, 3.63) is 39.3 Å². The summed E-state index contributed by atoms with van der Waals surface area (Å²) in [6.45, 7) is 7.85. The van der Waals surface area contributed by atoms with Gasteiger partial charge in [0.15, 0.2) is 0 Å². The topological polar surface area (TPSA) is 87.9 Å². The number of aryl methyl sites for hydroxylation is 2. The van der Waals surface area contributed by atoms with Crippen LogP contribution in [-0.2, 0) is 20.1 Å². The fraction of sp³-hybridized carbons (Fsp3) is 0.611. The van der Waals surface area contributed by atoms with Crippen LogP contribution < -0.4 is 11.0 Å². The molecular formula is C18H27ClN6O2. The average molecular weight is 395 g/mol. The number of hydrogen-bond donors (Lipinski definition) is 2. The maximum atomic E-state index is 12.6. The molecular weight excluding hydrogens is 368 g/mol. The summed E-state index contributed by atoms with van der Waals surface area (Å²) in [5, 5.41) is 7.85. The number of aromatic amines is 1.